The Bertz CT molecular complexity index is 1150. The molecule has 0 radical (unpaired) electrons. The fraction of sp³-hybridized carbons (Fsp3) is 0.190. The fourth-order valence-corrected chi connectivity index (χ4v) is 6.41. The maximum absolute atomic E-state index is 12.5. The molecule has 1 aliphatic rings. The number of hydrogen-bond acceptors (Lipinski definition) is 6. The molecule has 4 aromatic rings. The van der Waals surface area contributed by atoms with Crippen molar-refractivity contribution >= 4 is 56.2 Å². The first-order valence-electron chi connectivity index (χ1n) is 9.16. The molecule has 3 aromatic heterocycles. The van der Waals surface area contributed by atoms with E-state index >= 15 is 0 Å². The monoisotopic (exact) mass is 423 g/mol. The minimum absolute atomic E-state index is 0.0798. The van der Waals surface area contributed by atoms with Gasteiger partial charge < -0.3 is 5.32 Å². The zero-order valence-corrected chi connectivity index (χ0v) is 17.4. The van der Waals surface area contributed by atoms with Crippen LogP contribution in [0.2, 0.25) is 0 Å². The molecule has 0 bridgehead atoms. The van der Waals surface area contributed by atoms with E-state index < -0.39 is 0 Å². The standard InChI is InChI=1S/C21H17N3OS3/c25-19(17-10-5-11-26-17)24-14-7-2-4-9-16(14)28-21-18-13-6-1-3-8-15(13)27-20(18)22-12-23-21/h2,4-5,7,9-12H,1,3,6,8H2,(H,24,25). The molecule has 1 aromatic carbocycles. The van der Waals surface area contributed by atoms with Gasteiger partial charge in [0.05, 0.1) is 10.6 Å². The van der Waals surface area contributed by atoms with E-state index in [2.05, 4.69) is 15.3 Å². The van der Waals surface area contributed by atoms with E-state index in [4.69, 9.17) is 0 Å². The van der Waals surface area contributed by atoms with Gasteiger partial charge in [-0.3, -0.25) is 4.79 Å². The number of para-hydroxylation sites is 1. The molecule has 0 atom stereocenters. The topological polar surface area (TPSA) is 54.9 Å². The number of amides is 1. The highest BCUT2D eigenvalue weighted by atomic mass is 32.2. The SMILES string of the molecule is O=C(Nc1ccccc1Sc1ncnc2sc3c(c12)CCCC3)c1cccs1. The van der Waals surface area contributed by atoms with E-state index in [1.807, 2.05) is 41.8 Å². The number of carbonyl (C=O) groups excluding carboxylic acids is 1. The van der Waals surface area contributed by atoms with Gasteiger partial charge in [-0.15, -0.1) is 22.7 Å². The van der Waals surface area contributed by atoms with Gasteiger partial charge in [0.2, 0.25) is 0 Å². The molecule has 28 heavy (non-hydrogen) atoms. The molecule has 140 valence electrons. The van der Waals surface area contributed by atoms with Crippen LogP contribution >= 0.6 is 34.4 Å². The predicted octanol–water partition coefficient (Wildman–Crippen LogP) is 6.04. The van der Waals surface area contributed by atoms with Crippen molar-refractivity contribution in [2.45, 2.75) is 35.6 Å². The van der Waals surface area contributed by atoms with Crippen LogP contribution in [0.3, 0.4) is 0 Å². The second-order valence-electron chi connectivity index (χ2n) is 6.60. The summed E-state index contributed by atoms with van der Waals surface area (Å²) < 4.78 is 0. The van der Waals surface area contributed by atoms with E-state index in [1.54, 1.807) is 29.4 Å². The summed E-state index contributed by atoms with van der Waals surface area (Å²) in [5.74, 6) is -0.0798. The lowest BCUT2D eigenvalue weighted by molar-refractivity contribution is 0.103. The summed E-state index contributed by atoms with van der Waals surface area (Å²) in [4.78, 5) is 25.9. The average molecular weight is 424 g/mol. The van der Waals surface area contributed by atoms with E-state index in [-0.39, 0.29) is 5.91 Å². The molecule has 1 amide bonds. The number of hydrogen-bond donors (Lipinski definition) is 1. The van der Waals surface area contributed by atoms with Crippen LogP contribution in [0, 0.1) is 0 Å². The quantitative estimate of drug-likeness (QED) is 0.407. The van der Waals surface area contributed by atoms with Crippen LogP contribution in [0.1, 0.15) is 33.0 Å². The van der Waals surface area contributed by atoms with Gasteiger partial charge in [-0.1, -0.05) is 30.0 Å². The van der Waals surface area contributed by atoms with Gasteiger partial charge in [-0.25, -0.2) is 9.97 Å². The van der Waals surface area contributed by atoms with Crippen molar-refractivity contribution in [1.82, 2.24) is 9.97 Å². The molecule has 0 aliphatic heterocycles. The van der Waals surface area contributed by atoms with Crippen LogP contribution in [0.4, 0.5) is 5.69 Å². The Morgan fingerprint density at radius 3 is 2.86 bits per heavy atom. The summed E-state index contributed by atoms with van der Waals surface area (Å²) in [6, 6.07) is 11.6. The number of thiophene rings is 2. The third-order valence-electron chi connectivity index (χ3n) is 4.80. The Labute approximate surface area is 175 Å². The van der Waals surface area contributed by atoms with Crippen LogP contribution in [0.25, 0.3) is 10.2 Å². The lowest BCUT2D eigenvalue weighted by Gasteiger charge is -2.13. The molecular weight excluding hydrogens is 406 g/mol. The summed E-state index contributed by atoms with van der Waals surface area (Å²) in [7, 11) is 0. The van der Waals surface area contributed by atoms with Gasteiger partial charge in [-0.05, 0) is 54.8 Å². The third kappa shape index (κ3) is 3.34. The van der Waals surface area contributed by atoms with Gasteiger partial charge in [0, 0.05) is 15.2 Å². The summed E-state index contributed by atoms with van der Waals surface area (Å²) in [6.07, 6.45) is 6.39. The van der Waals surface area contributed by atoms with Crippen LogP contribution < -0.4 is 5.32 Å². The van der Waals surface area contributed by atoms with Gasteiger partial charge in [0.25, 0.3) is 5.91 Å². The van der Waals surface area contributed by atoms with Crippen molar-refractivity contribution in [3.8, 4) is 0 Å². The van der Waals surface area contributed by atoms with E-state index in [9.17, 15) is 4.79 Å². The fourth-order valence-electron chi connectivity index (χ4n) is 3.49. The maximum atomic E-state index is 12.5. The first kappa shape index (κ1) is 17.8. The van der Waals surface area contributed by atoms with Crippen LogP contribution in [0.5, 0.6) is 0 Å². The summed E-state index contributed by atoms with van der Waals surface area (Å²) in [5, 5.41) is 7.13. The van der Waals surface area contributed by atoms with Crippen molar-refractivity contribution in [1.29, 1.82) is 0 Å². The van der Waals surface area contributed by atoms with Crippen molar-refractivity contribution in [3.63, 3.8) is 0 Å². The molecule has 1 N–H and O–H groups in total. The van der Waals surface area contributed by atoms with Gasteiger partial charge in [0.15, 0.2) is 0 Å². The molecule has 0 saturated carbocycles. The molecule has 0 spiro atoms. The van der Waals surface area contributed by atoms with Gasteiger partial charge >= 0.3 is 0 Å². The minimum atomic E-state index is -0.0798. The number of rotatable bonds is 4. The molecule has 0 unspecified atom stereocenters. The number of anilines is 1. The number of carbonyl (C=O) groups is 1. The first-order valence-corrected chi connectivity index (χ1v) is 11.7. The normalized spacial score (nSPS) is 13.4. The second-order valence-corrected chi connectivity index (χ2v) is 9.66. The largest absolute Gasteiger partial charge is 0.320 e. The van der Waals surface area contributed by atoms with Crippen molar-refractivity contribution in [2.75, 3.05) is 5.32 Å². The Balaban J connectivity index is 1.50. The number of fused-ring (bicyclic) bond motifs is 3. The maximum Gasteiger partial charge on any atom is 0.265 e. The molecular formula is C21H17N3OS3. The Morgan fingerprint density at radius 1 is 1.07 bits per heavy atom. The summed E-state index contributed by atoms with van der Waals surface area (Å²) >= 11 is 4.85. The number of nitrogens with zero attached hydrogens (tertiary/aromatic N) is 2. The summed E-state index contributed by atoms with van der Waals surface area (Å²) in [5.41, 5.74) is 2.23. The van der Waals surface area contributed by atoms with Crippen LogP contribution in [-0.4, -0.2) is 15.9 Å². The van der Waals surface area contributed by atoms with Gasteiger partial charge in [-0.2, -0.15) is 0 Å². The highest BCUT2D eigenvalue weighted by Crippen LogP contribution is 2.42. The highest BCUT2D eigenvalue weighted by Gasteiger charge is 2.21. The smallest absolute Gasteiger partial charge is 0.265 e. The van der Waals surface area contributed by atoms with Crippen LogP contribution in [0.15, 0.2) is 58.0 Å². The van der Waals surface area contributed by atoms with E-state index in [0.717, 1.165) is 33.3 Å². The Hall–Kier alpha value is -2.22. The average Bonchev–Trinajstić information content (AvgIpc) is 3.38. The lowest BCUT2D eigenvalue weighted by atomic mass is 9.97. The number of aromatic nitrogens is 2. The lowest BCUT2D eigenvalue weighted by Crippen LogP contribution is -2.10. The number of aryl methyl sites for hydroxylation is 2. The molecule has 3 heterocycles. The summed E-state index contributed by atoms with van der Waals surface area (Å²) in [6.45, 7) is 0. The Morgan fingerprint density at radius 2 is 1.96 bits per heavy atom. The zero-order chi connectivity index (χ0) is 18.9. The minimum Gasteiger partial charge on any atom is -0.320 e. The van der Waals surface area contributed by atoms with Gasteiger partial charge in [0.1, 0.15) is 16.2 Å². The van der Waals surface area contributed by atoms with Crippen molar-refractivity contribution in [3.05, 3.63) is 63.4 Å². The molecule has 1 aliphatic carbocycles. The van der Waals surface area contributed by atoms with E-state index in [1.165, 1.54) is 40.0 Å². The third-order valence-corrected chi connectivity index (χ3v) is 7.95. The number of benzene rings is 1. The van der Waals surface area contributed by atoms with E-state index in [0.29, 0.717) is 4.88 Å². The highest BCUT2D eigenvalue weighted by molar-refractivity contribution is 7.99. The van der Waals surface area contributed by atoms with Crippen molar-refractivity contribution < 1.29 is 4.79 Å². The molecule has 0 fully saturated rings. The molecule has 4 nitrogen and oxygen atoms in total. The predicted molar refractivity (Wildman–Crippen MR) is 117 cm³/mol. The first-order chi connectivity index (χ1) is 13.8. The molecule has 5 rings (SSSR count). The van der Waals surface area contributed by atoms with Crippen molar-refractivity contribution in [2.24, 2.45) is 0 Å². The number of nitrogens with one attached hydrogen (secondary N) is 1. The Kier molecular flexibility index (Phi) is 4.88. The second kappa shape index (κ2) is 7.66. The molecule has 0 saturated heterocycles. The zero-order valence-electron chi connectivity index (χ0n) is 15.0. The molecule has 7 heteroatoms. The van der Waals surface area contributed by atoms with Crippen LogP contribution in [-0.2, 0) is 12.8 Å².